The molecular weight excluding hydrogens is 257 g/mol. The molecule has 0 amide bonds. The number of aromatic amines is 2. The van der Waals surface area contributed by atoms with Gasteiger partial charge in [-0.3, -0.25) is 5.10 Å². The van der Waals surface area contributed by atoms with Crippen molar-refractivity contribution in [2.24, 2.45) is 0 Å². The Morgan fingerprint density at radius 3 is 2.53 bits per heavy atom. The first-order valence-electron chi connectivity index (χ1n) is 5.45. The Morgan fingerprint density at radius 2 is 1.89 bits per heavy atom. The topological polar surface area (TPSA) is 70.5 Å². The number of hydrogen-bond donors (Lipinski definition) is 3. The summed E-state index contributed by atoms with van der Waals surface area (Å²) in [7, 11) is 0. The summed E-state index contributed by atoms with van der Waals surface area (Å²) in [5, 5.41) is 6.98. The minimum Gasteiger partial charge on any atom is -0.382 e. The predicted octanol–water partition coefficient (Wildman–Crippen LogP) is 3.16. The van der Waals surface area contributed by atoms with E-state index in [1.54, 1.807) is 24.3 Å². The van der Waals surface area contributed by atoms with E-state index in [-0.39, 0.29) is 0 Å². The number of nitrogen functional groups attached to an aromatic ring is 1. The molecule has 7 heteroatoms. The molecule has 0 unspecified atom stereocenters. The lowest BCUT2D eigenvalue weighted by molar-refractivity contribution is -0.140. The average Bonchev–Trinajstić information content (AvgIpc) is 2.92. The van der Waals surface area contributed by atoms with Crippen molar-refractivity contribution in [1.29, 1.82) is 0 Å². The highest BCUT2D eigenvalue weighted by atomic mass is 19.4. The van der Waals surface area contributed by atoms with Crippen LogP contribution in [0.1, 0.15) is 5.69 Å². The van der Waals surface area contributed by atoms with Crippen molar-refractivity contribution < 1.29 is 13.2 Å². The van der Waals surface area contributed by atoms with Crippen molar-refractivity contribution in [3.8, 4) is 11.3 Å². The van der Waals surface area contributed by atoms with Gasteiger partial charge in [0, 0.05) is 22.5 Å². The van der Waals surface area contributed by atoms with Crippen molar-refractivity contribution in [3.05, 3.63) is 36.0 Å². The predicted molar refractivity (Wildman–Crippen MR) is 65.3 cm³/mol. The number of rotatable bonds is 1. The number of alkyl halides is 3. The first kappa shape index (κ1) is 11.6. The zero-order valence-electron chi connectivity index (χ0n) is 9.55. The molecule has 3 aromatic rings. The number of halogens is 3. The van der Waals surface area contributed by atoms with Gasteiger partial charge in [-0.1, -0.05) is 6.07 Å². The molecule has 0 atom stereocenters. The number of nitrogens with one attached hydrogen (secondary N) is 2. The lowest BCUT2D eigenvalue weighted by atomic mass is 10.1. The third-order valence-electron chi connectivity index (χ3n) is 2.83. The molecule has 0 fully saturated rings. The lowest BCUT2D eigenvalue weighted by Crippen LogP contribution is -2.04. The fourth-order valence-electron chi connectivity index (χ4n) is 1.94. The van der Waals surface area contributed by atoms with E-state index in [0.717, 1.165) is 11.6 Å². The van der Waals surface area contributed by atoms with Crippen LogP contribution in [0.4, 0.5) is 19.0 Å². The van der Waals surface area contributed by atoms with Crippen molar-refractivity contribution in [2.45, 2.75) is 6.18 Å². The summed E-state index contributed by atoms with van der Waals surface area (Å²) in [4.78, 5) is 2.34. The zero-order valence-corrected chi connectivity index (χ0v) is 9.55. The van der Waals surface area contributed by atoms with Crippen LogP contribution in [0.25, 0.3) is 22.2 Å². The molecule has 2 heterocycles. The van der Waals surface area contributed by atoms with E-state index in [4.69, 9.17) is 5.73 Å². The maximum Gasteiger partial charge on any atom is 0.431 e. The summed E-state index contributed by atoms with van der Waals surface area (Å²) >= 11 is 0. The molecule has 0 aliphatic rings. The molecule has 98 valence electrons. The first-order chi connectivity index (χ1) is 8.93. The van der Waals surface area contributed by atoms with Crippen LogP contribution < -0.4 is 5.73 Å². The van der Waals surface area contributed by atoms with Gasteiger partial charge in [0.15, 0.2) is 0 Å². The number of hydrogen-bond acceptors (Lipinski definition) is 2. The Morgan fingerprint density at radius 1 is 1.11 bits per heavy atom. The van der Waals surface area contributed by atoms with Crippen LogP contribution in [0.15, 0.2) is 30.3 Å². The second-order valence-corrected chi connectivity index (χ2v) is 4.19. The third-order valence-corrected chi connectivity index (χ3v) is 2.83. The molecule has 19 heavy (non-hydrogen) atoms. The molecule has 0 spiro atoms. The van der Waals surface area contributed by atoms with Gasteiger partial charge in [-0.2, -0.15) is 18.3 Å². The van der Waals surface area contributed by atoms with Crippen molar-refractivity contribution >= 4 is 16.7 Å². The van der Waals surface area contributed by atoms with Crippen molar-refractivity contribution in [1.82, 2.24) is 15.2 Å². The van der Waals surface area contributed by atoms with E-state index < -0.39 is 11.9 Å². The molecule has 0 aliphatic carbocycles. The summed E-state index contributed by atoms with van der Waals surface area (Å²) in [6.45, 7) is 0. The second-order valence-electron chi connectivity index (χ2n) is 4.19. The highest BCUT2D eigenvalue weighted by Gasteiger charge is 2.32. The van der Waals surface area contributed by atoms with E-state index in [2.05, 4.69) is 15.2 Å². The largest absolute Gasteiger partial charge is 0.431 e. The molecule has 0 bridgehead atoms. The number of benzene rings is 1. The van der Waals surface area contributed by atoms with Crippen LogP contribution in [0.3, 0.4) is 0 Å². The summed E-state index contributed by atoms with van der Waals surface area (Å²) in [5.41, 5.74) is 6.55. The molecule has 3 rings (SSSR count). The second kappa shape index (κ2) is 3.78. The number of aromatic nitrogens is 3. The molecule has 4 nitrogen and oxygen atoms in total. The monoisotopic (exact) mass is 266 g/mol. The molecule has 0 saturated carbocycles. The Labute approximate surface area is 105 Å². The smallest absolute Gasteiger partial charge is 0.382 e. The van der Waals surface area contributed by atoms with Crippen LogP contribution in [-0.2, 0) is 6.18 Å². The molecule has 4 N–H and O–H groups in total. The molecular formula is C12H9F3N4. The standard InChI is InChI=1S/C12H9F3N4/c13-12(14,15)10-4-7-3-6(1-2-8(7)17-10)9-5-11(16)19-18-9/h1-5,17H,(H3,16,18,19). The van der Waals surface area contributed by atoms with E-state index in [9.17, 15) is 13.2 Å². The highest BCUT2D eigenvalue weighted by molar-refractivity contribution is 5.85. The molecule has 0 aliphatic heterocycles. The maximum atomic E-state index is 12.6. The first-order valence-corrected chi connectivity index (χ1v) is 5.45. The van der Waals surface area contributed by atoms with Gasteiger partial charge in [-0.05, 0) is 18.2 Å². The SMILES string of the molecule is Nc1cc(-c2ccc3[nH]c(C(F)(F)F)cc3c2)[nH]n1. The van der Waals surface area contributed by atoms with Crippen LogP contribution in [0.2, 0.25) is 0 Å². The average molecular weight is 266 g/mol. The van der Waals surface area contributed by atoms with Gasteiger partial charge in [0.05, 0.1) is 5.69 Å². The third kappa shape index (κ3) is 2.03. The lowest BCUT2D eigenvalue weighted by Gasteiger charge is -2.00. The van der Waals surface area contributed by atoms with Crippen molar-refractivity contribution in [3.63, 3.8) is 0 Å². The normalized spacial score (nSPS) is 12.2. The molecule has 2 aromatic heterocycles. The van der Waals surface area contributed by atoms with Crippen LogP contribution in [0, 0.1) is 0 Å². The van der Waals surface area contributed by atoms with Gasteiger partial charge in [0.2, 0.25) is 0 Å². The number of nitrogens with two attached hydrogens (primary N) is 1. The highest BCUT2D eigenvalue weighted by Crippen LogP contribution is 2.32. The maximum absolute atomic E-state index is 12.6. The van der Waals surface area contributed by atoms with Gasteiger partial charge in [0.25, 0.3) is 0 Å². The zero-order chi connectivity index (χ0) is 13.6. The summed E-state index contributed by atoms with van der Waals surface area (Å²) in [6, 6.07) is 7.65. The van der Waals surface area contributed by atoms with Gasteiger partial charge in [-0.15, -0.1) is 0 Å². The Kier molecular flexibility index (Phi) is 2.31. The molecule has 1 aromatic carbocycles. The minimum atomic E-state index is -4.38. The Bertz CT molecular complexity index is 739. The van der Waals surface area contributed by atoms with Crippen LogP contribution in [0.5, 0.6) is 0 Å². The Hall–Kier alpha value is -2.44. The van der Waals surface area contributed by atoms with E-state index in [1.807, 2.05) is 0 Å². The summed E-state index contributed by atoms with van der Waals surface area (Å²) < 4.78 is 37.8. The number of anilines is 1. The van der Waals surface area contributed by atoms with Crippen LogP contribution in [-0.4, -0.2) is 15.2 Å². The minimum absolute atomic E-state index is 0.333. The number of H-pyrrole nitrogens is 2. The van der Waals surface area contributed by atoms with E-state index >= 15 is 0 Å². The van der Waals surface area contributed by atoms with Gasteiger partial charge >= 0.3 is 6.18 Å². The number of fused-ring (bicyclic) bond motifs is 1. The van der Waals surface area contributed by atoms with E-state index in [0.29, 0.717) is 22.4 Å². The van der Waals surface area contributed by atoms with Crippen molar-refractivity contribution in [2.75, 3.05) is 5.73 Å². The summed E-state index contributed by atoms with van der Waals surface area (Å²) in [5.74, 6) is 0.333. The van der Waals surface area contributed by atoms with Gasteiger partial charge in [0.1, 0.15) is 11.5 Å². The fraction of sp³-hybridized carbons (Fsp3) is 0.0833. The Balaban J connectivity index is 2.11. The quantitative estimate of drug-likeness (QED) is 0.633. The molecule has 0 radical (unpaired) electrons. The van der Waals surface area contributed by atoms with Gasteiger partial charge < -0.3 is 10.7 Å². The molecule has 0 saturated heterocycles. The summed E-state index contributed by atoms with van der Waals surface area (Å²) in [6.07, 6.45) is -4.38. The van der Waals surface area contributed by atoms with Crippen LogP contribution >= 0.6 is 0 Å². The van der Waals surface area contributed by atoms with Gasteiger partial charge in [-0.25, -0.2) is 0 Å². The number of nitrogens with zero attached hydrogens (tertiary/aromatic N) is 1. The fourth-order valence-corrected chi connectivity index (χ4v) is 1.94. The van der Waals surface area contributed by atoms with E-state index in [1.165, 1.54) is 0 Å².